The van der Waals surface area contributed by atoms with Crippen molar-refractivity contribution in [1.29, 1.82) is 0 Å². The monoisotopic (exact) mass is 492 g/mol. The summed E-state index contributed by atoms with van der Waals surface area (Å²) in [6, 6.07) is 26.0. The molecule has 37 heavy (non-hydrogen) atoms. The molecule has 1 fully saturated rings. The first-order valence-corrected chi connectivity index (χ1v) is 12.6. The third-order valence-corrected chi connectivity index (χ3v) is 6.86. The second kappa shape index (κ2) is 9.89. The topological polar surface area (TPSA) is 75.9 Å². The van der Waals surface area contributed by atoms with E-state index in [0.29, 0.717) is 19.6 Å². The van der Waals surface area contributed by atoms with Gasteiger partial charge in [0, 0.05) is 37.1 Å². The van der Waals surface area contributed by atoms with Crippen LogP contribution in [0.15, 0.2) is 78.9 Å². The van der Waals surface area contributed by atoms with Gasteiger partial charge in [-0.1, -0.05) is 66.7 Å². The Morgan fingerprint density at radius 2 is 1.65 bits per heavy atom. The number of amides is 1. The number of carbonyl (C=O) groups is 1. The lowest BCUT2D eigenvalue weighted by Crippen LogP contribution is -2.36. The number of aromatic nitrogens is 4. The van der Waals surface area contributed by atoms with E-state index in [1.165, 1.54) is 0 Å². The molecule has 186 valence electrons. The Balaban J connectivity index is 1.32. The fourth-order valence-electron chi connectivity index (χ4n) is 4.89. The standard InChI is InChI=1S/C29H28N6O2/c1-21-10-5-6-13-23(21)26-31-32-27-24-14-7-8-15-25(24)30-28(35(26)27)33-16-9-17-34(19-18-33)29(36)37-20-22-11-3-2-4-12-22/h2-8,10-15H,9,16-20H2,1H3. The third-order valence-electron chi connectivity index (χ3n) is 6.86. The maximum absolute atomic E-state index is 12.8. The Bertz CT molecular complexity index is 1570. The molecule has 8 heteroatoms. The van der Waals surface area contributed by atoms with E-state index < -0.39 is 0 Å². The minimum absolute atomic E-state index is 0.271. The maximum Gasteiger partial charge on any atom is 0.410 e. The van der Waals surface area contributed by atoms with E-state index in [2.05, 4.69) is 38.6 Å². The molecule has 6 rings (SSSR count). The van der Waals surface area contributed by atoms with Crippen LogP contribution in [0.5, 0.6) is 0 Å². The molecule has 2 aromatic heterocycles. The highest BCUT2D eigenvalue weighted by molar-refractivity contribution is 5.93. The van der Waals surface area contributed by atoms with Crippen molar-refractivity contribution in [3.63, 3.8) is 0 Å². The van der Waals surface area contributed by atoms with Gasteiger partial charge in [-0.3, -0.25) is 0 Å². The highest BCUT2D eigenvalue weighted by Gasteiger charge is 2.25. The fraction of sp³-hybridized carbons (Fsp3) is 0.241. The first-order chi connectivity index (χ1) is 18.2. The zero-order valence-electron chi connectivity index (χ0n) is 20.7. The number of anilines is 1. The number of aryl methyl sites for hydroxylation is 1. The summed E-state index contributed by atoms with van der Waals surface area (Å²) in [5.74, 6) is 1.56. The average Bonchev–Trinajstić information content (AvgIpc) is 3.23. The second-order valence-corrected chi connectivity index (χ2v) is 9.29. The smallest absolute Gasteiger partial charge is 0.410 e. The summed E-state index contributed by atoms with van der Waals surface area (Å²) < 4.78 is 7.66. The van der Waals surface area contributed by atoms with Gasteiger partial charge < -0.3 is 14.5 Å². The first kappa shape index (κ1) is 23.0. The number of carbonyl (C=O) groups excluding carboxylic acids is 1. The SMILES string of the molecule is Cc1ccccc1-c1nnc2c3ccccc3nc(N3CCCN(C(=O)OCc4ccccc4)CC3)n12. The number of rotatable bonds is 4. The average molecular weight is 493 g/mol. The predicted molar refractivity (Wildman–Crippen MR) is 143 cm³/mol. The van der Waals surface area contributed by atoms with Gasteiger partial charge in [0.1, 0.15) is 6.61 Å². The lowest BCUT2D eigenvalue weighted by Gasteiger charge is -2.24. The number of hydrogen-bond donors (Lipinski definition) is 0. The van der Waals surface area contributed by atoms with Gasteiger partial charge in [-0.25, -0.2) is 14.2 Å². The number of benzene rings is 3. The summed E-state index contributed by atoms with van der Waals surface area (Å²) in [5, 5.41) is 10.2. The van der Waals surface area contributed by atoms with Gasteiger partial charge in [0.15, 0.2) is 11.5 Å². The number of hydrogen-bond acceptors (Lipinski definition) is 6. The Labute approximate surface area is 215 Å². The van der Waals surface area contributed by atoms with E-state index in [-0.39, 0.29) is 12.7 Å². The van der Waals surface area contributed by atoms with Crippen LogP contribution >= 0.6 is 0 Å². The van der Waals surface area contributed by atoms with Gasteiger partial charge in [-0.15, -0.1) is 10.2 Å². The van der Waals surface area contributed by atoms with Gasteiger partial charge in [0.05, 0.1) is 5.52 Å². The molecule has 8 nitrogen and oxygen atoms in total. The lowest BCUT2D eigenvalue weighted by atomic mass is 10.1. The summed E-state index contributed by atoms with van der Waals surface area (Å²) in [5.41, 5.74) is 4.78. The van der Waals surface area contributed by atoms with E-state index in [0.717, 1.165) is 58.0 Å². The Morgan fingerprint density at radius 3 is 2.51 bits per heavy atom. The predicted octanol–water partition coefficient (Wildman–Crippen LogP) is 5.10. The van der Waals surface area contributed by atoms with Gasteiger partial charge >= 0.3 is 6.09 Å². The van der Waals surface area contributed by atoms with Gasteiger partial charge in [0.25, 0.3) is 0 Å². The first-order valence-electron chi connectivity index (χ1n) is 12.6. The minimum atomic E-state index is -0.285. The maximum atomic E-state index is 12.8. The Kier molecular flexibility index (Phi) is 6.14. The van der Waals surface area contributed by atoms with Crippen LogP contribution in [0, 0.1) is 6.92 Å². The normalized spacial score (nSPS) is 14.2. The van der Waals surface area contributed by atoms with E-state index in [1.807, 2.05) is 66.7 Å². The zero-order chi connectivity index (χ0) is 25.2. The summed E-state index contributed by atoms with van der Waals surface area (Å²) in [7, 11) is 0. The van der Waals surface area contributed by atoms with Crippen LogP contribution < -0.4 is 4.90 Å². The highest BCUT2D eigenvalue weighted by atomic mass is 16.6. The summed E-state index contributed by atoms with van der Waals surface area (Å²) in [6.07, 6.45) is 0.519. The van der Waals surface area contributed by atoms with Crippen LogP contribution in [-0.2, 0) is 11.3 Å². The molecule has 0 radical (unpaired) electrons. The second-order valence-electron chi connectivity index (χ2n) is 9.29. The molecule has 0 spiro atoms. The number of fused-ring (bicyclic) bond motifs is 3. The molecular formula is C29H28N6O2. The molecular weight excluding hydrogens is 464 g/mol. The molecule has 0 atom stereocenters. The number of nitrogens with zero attached hydrogens (tertiary/aromatic N) is 6. The van der Waals surface area contributed by atoms with Gasteiger partial charge in [-0.2, -0.15) is 0 Å². The van der Waals surface area contributed by atoms with Crippen LogP contribution in [0.4, 0.5) is 10.7 Å². The molecule has 0 bridgehead atoms. The molecule has 0 aliphatic carbocycles. The van der Waals surface area contributed by atoms with E-state index >= 15 is 0 Å². The molecule has 3 aromatic carbocycles. The molecule has 1 aliphatic heterocycles. The summed E-state index contributed by atoms with van der Waals surface area (Å²) in [4.78, 5) is 21.9. The van der Waals surface area contributed by atoms with Crippen LogP contribution in [0.3, 0.4) is 0 Å². The van der Waals surface area contributed by atoms with Crippen LogP contribution in [-0.4, -0.2) is 56.8 Å². The number of ether oxygens (including phenoxy) is 1. The van der Waals surface area contributed by atoms with Gasteiger partial charge in [-0.05, 0) is 36.6 Å². The quantitative estimate of drug-likeness (QED) is 0.347. The fourth-order valence-corrected chi connectivity index (χ4v) is 4.89. The molecule has 1 saturated heterocycles. The van der Waals surface area contributed by atoms with Crippen molar-refractivity contribution in [2.75, 3.05) is 31.1 Å². The van der Waals surface area contributed by atoms with Crippen molar-refractivity contribution in [2.24, 2.45) is 0 Å². The van der Waals surface area contributed by atoms with Crippen molar-refractivity contribution in [3.05, 3.63) is 90.0 Å². The van der Waals surface area contributed by atoms with Crippen LogP contribution in [0.1, 0.15) is 17.5 Å². The van der Waals surface area contributed by atoms with Crippen molar-refractivity contribution >= 4 is 28.6 Å². The molecule has 0 saturated carbocycles. The highest BCUT2D eigenvalue weighted by Crippen LogP contribution is 2.30. The molecule has 0 unspecified atom stereocenters. The lowest BCUT2D eigenvalue weighted by molar-refractivity contribution is 0.0986. The number of para-hydroxylation sites is 1. The van der Waals surface area contributed by atoms with Crippen molar-refractivity contribution in [1.82, 2.24) is 24.5 Å². The zero-order valence-corrected chi connectivity index (χ0v) is 20.7. The van der Waals surface area contributed by atoms with Crippen LogP contribution in [0.2, 0.25) is 0 Å². The van der Waals surface area contributed by atoms with E-state index in [4.69, 9.17) is 9.72 Å². The van der Waals surface area contributed by atoms with Gasteiger partial charge in [0.2, 0.25) is 5.95 Å². The molecule has 1 amide bonds. The Morgan fingerprint density at radius 1 is 0.865 bits per heavy atom. The Hall–Kier alpha value is -4.46. The summed E-state index contributed by atoms with van der Waals surface area (Å²) in [6.45, 7) is 4.92. The molecule has 5 aromatic rings. The largest absolute Gasteiger partial charge is 0.445 e. The van der Waals surface area contributed by atoms with Crippen molar-refractivity contribution in [2.45, 2.75) is 20.0 Å². The van der Waals surface area contributed by atoms with Crippen molar-refractivity contribution in [3.8, 4) is 11.4 Å². The van der Waals surface area contributed by atoms with Crippen molar-refractivity contribution < 1.29 is 9.53 Å². The molecule has 3 heterocycles. The van der Waals surface area contributed by atoms with E-state index in [9.17, 15) is 4.79 Å². The summed E-state index contributed by atoms with van der Waals surface area (Å²) >= 11 is 0. The van der Waals surface area contributed by atoms with Crippen LogP contribution in [0.25, 0.3) is 27.9 Å². The third kappa shape index (κ3) is 4.46. The van der Waals surface area contributed by atoms with E-state index in [1.54, 1.807) is 4.90 Å². The minimum Gasteiger partial charge on any atom is -0.445 e. The molecule has 1 aliphatic rings. The molecule has 0 N–H and O–H groups in total.